The predicted octanol–water partition coefficient (Wildman–Crippen LogP) is 2.73. The maximum atomic E-state index is 12.1. The fourth-order valence-corrected chi connectivity index (χ4v) is 2.03. The van der Waals surface area contributed by atoms with E-state index < -0.39 is 0 Å². The number of nitrogens with zero attached hydrogens (tertiary/aromatic N) is 1. The lowest BCUT2D eigenvalue weighted by Crippen LogP contribution is -2.43. The first-order valence-corrected chi connectivity index (χ1v) is 6.38. The molecule has 0 aliphatic rings. The number of carbonyl (C=O) groups is 1. The topological polar surface area (TPSA) is 68.0 Å². The molecule has 0 aliphatic heterocycles. The second-order valence-electron chi connectivity index (χ2n) is 4.67. The van der Waals surface area contributed by atoms with E-state index in [0.29, 0.717) is 5.56 Å². The number of amides is 1. The Hall–Kier alpha value is -1.10. The number of hydrogen-bond acceptors (Lipinski definition) is 3. The molecule has 1 heterocycles. The first kappa shape index (κ1) is 14.0. The lowest BCUT2D eigenvalue weighted by atomic mass is 9.98. The van der Waals surface area contributed by atoms with E-state index >= 15 is 0 Å². The van der Waals surface area contributed by atoms with Crippen molar-refractivity contribution in [2.24, 2.45) is 0 Å². The van der Waals surface area contributed by atoms with Crippen molar-refractivity contribution in [3.63, 3.8) is 0 Å². The molecule has 0 bridgehead atoms. The quantitative estimate of drug-likeness (QED) is 0.898. The van der Waals surface area contributed by atoms with Crippen LogP contribution in [-0.2, 0) is 0 Å². The molecule has 1 amide bonds. The SMILES string of the molecule is CCCC(C)(C)NC(=O)c1cc(Br)cnc1N. The van der Waals surface area contributed by atoms with Crippen LogP contribution in [0.15, 0.2) is 16.7 Å². The van der Waals surface area contributed by atoms with E-state index in [1.165, 1.54) is 0 Å². The third-order valence-electron chi connectivity index (χ3n) is 2.46. The molecule has 0 saturated heterocycles. The van der Waals surface area contributed by atoms with Crippen LogP contribution in [0.3, 0.4) is 0 Å². The van der Waals surface area contributed by atoms with Crippen LogP contribution in [-0.4, -0.2) is 16.4 Å². The molecule has 3 N–H and O–H groups in total. The fourth-order valence-electron chi connectivity index (χ4n) is 1.69. The maximum Gasteiger partial charge on any atom is 0.255 e. The molecule has 0 saturated carbocycles. The minimum atomic E-state index is -0.236. The summed E-state index contributed by atoms with van der Waals surface area (Å²) in [5, 5.41) is 2.96. The van der Waals surface area contributed by atoms with Crippen molar-refractivity contribution in [1.29, 1.82) is 0 Å². The fraction of sp³-hybridized carbons (Fsp3) is 0.500. The maximum absolute atomic E-state index is 12.1. The Morgan fingerprint density at radius 1 is 1.59 bits per heavy atom. The molecule has 5 heteroatoms. The van der Waals surface area contributed by atoms with Gasteiger partial charge in [-0.2, -0.15) is 0 Å². The van der Waals surface area contributed by atoms with Gasteiger partial charge in [0, 0.05) is 16.2 Å². The minimum absolute atomic E-state index is 0.185. The van der Waals surface area contributed by atoms with Crippen molar-refractivity contribution in [1.82, 2.24) is 10.3 Å². The molecule has 0 spiro atoms. The van der Waals surface area contributed by atoms with E-state index in [-0.39, 0.29) is 17.3 Å². The Bertz CT molecular complexity index is 418. The summed E-state index contributed by atoms with van der Waals surface area (Å²) >= 11 is 3.28. The molecule has 17 heavy (non-hydrogen) atoms. The molecule has 0 atom stereocenters. The van der Waals surface area contributed by atoms with Crippen LogP contribution in [0, 0.1) is 0 Å². The Kier molecular flexibility index (Phi) is 4.51. The summed E-state index contributed by atoms with van der Waals surface area (Å²) in [5.74, 6) is 0.0627. The zero-order valence-electron chi connectivity index (χ0n) is 10.4. The highest BCUT2D eigenvalue weighted by atomic mass is 79.9. The van der Waals surface area contributed by atoms with E-state index in [1.807, 2.05) is 13.8 Å². The van der Waals surface area contributed by atoms with Gasteiger partial charge in [-0.25, -0.2) is 4.98 Å². The lowest BCUT2D eigenvalue weighted by molar-refractivity contribution is 0.0909. The van der Waals surface area contributed by atoms with Gasteiger partial charge in [0.15, 0.2) is 0 Å². The summed E-state index contributed by atoms with van der Waals surface area (Å²) < 4.78 is 0.741. The highest BCUT2D eigenvalue weighted by Crippen LogP contribution is 2.18. The van der Waals surface area contributed by atoms with E-state index in [0.717, 1.165) is 17.3 Å². The van der Waals surface area contributed by atoms with Gasteiger partial charge < -0.3 is 11.1 Å². The molecule has 0 radical (unpaired) electrons. The van der Waals surface area contributed by atoms with Crippen molar-refractivity contribution >= 4 is 27.7 Å². The molecular weight excluding hydrogens is 282 g/mol. The zero-order valence-corrected chi connectivity index (χ0v) is 12.0. The van der Waals surface area contributed by atoms with Gasteiger partial charge in [0.1, 0.15) is 5.82 Å². The third kappa shape index (κ3) is 4.00. The van der Waals surface area contributed by atoms with Crippen LogP contribution < -0.4 is 11.1 Å². The van der Waals surface area contributed by atoms with Gasteiger partial charge in [-0.05, 0) is 42.3 Å². The average molecular weight is 300 g/mol. The van der Waals surface area contributed by atoms with Crippen molar-refractivity contribution in [3.05, 3.63) is 22.3 Å². The average Bonchev–Trinajstić information content (AvgIpc) is 2.20. The minimum Gasteiger partial charge on any atom is -0.383 e. The molecular formula is C12H18BrN3O. The van der Waals surface area contributed by atoms with Gasteiger partial charge in [-0.3, -0.25) is 4.79 Å². The third-order valence-corrected chi connectivity index (χ3v) is 2.89. The number of rotatable bonds is 4. The van der Waals surface area contributed by atoms with Crippen LogP contribution in [0.25, 0.3) is 0 Å². The Balaban J connectivity index is 2.86. The summed E-state index contributed by atoms with van der Waals surface area (Å²) in [5.41, 5.74) is 5.86. The first-order valence-electron chi connectivity index (χ1n) is 5.59. The second kappa shape index (κ2) is 5.49. The summed E-state index contributed by atoms with van der Waals surface area (Å²) in [6, 6.07) is 1.68. The van der Waals surface area contributed by atoms with Gasteiger partial charge in [-0.15, -0.1) is 0 Å². The molecule has 1 aromatic heterocycles. The molecule has 0 aliphatic carbocycles. The number of carbonyl (C=O) groups excluding carboxylic acids is 1. The summed E-state index contributed by atoms with van der Waals surface area (Å²) in [6.45, 7) is 6.08. The van der Waals surface area contributed by atoms with Crippen LogP contribution >= 0.6 is 15.9 Å². The predicted molar refractivity (Wildman–Crippen MR) is 72.8 cm³/mol. The van der Waals surface area contributed by atoms with Crippen molar-refractivity contribution < 1.29 is 4.79 Å². The number of nitrogens with two attached hydrogens (primary N) is 1. The van der Waals surface area contributed by atoms with Crippen LogP contribution in [0.5, 0.6) is 0 Å². The number of pyridine rings is 1. The normalized spacial score (nSPS) is 11.3. The molecule has 0 aromatic carbocycles. The lowest BCUT2D eigenvalue weighted by Gasteiger charge is -2.26. The summed E-state index contributed by atoms with van der Waals surface area (Å²) in [6.07, 6.45) is 3.50. The monoisotopic (exact) mass is 299 g/mol. The number of aromatic nitrogens is 1. The summed E-state index contributed by atoms with van der Waals surface area (Å²) in [7, 11) is 0. The largest absolute Gasteiger partial charge is 0.383 e. The molecule has 94 valence electrons. The molecule has 1 rings (SSSR count). The van der Waals surface area contributed by atoms with Gasteiger partial charge in [0.25, 0.3) is 5.91 Å². The van der Waals surface area contributed by atoms with E-state index in [4.69, 9.17) is 5.73 Å². The molecule has 0 unspecified atom stereocenters. The molecule has 1 aromatic rings. The smallest absolute Gasteiger partial charge is 0.255 e. The van der Waals surface area contributed by atoms with Crippen molar-refractivity contribution in [2.45, 2.75) is 39.2 Å². The van der Waals surface area contributed by atoms with Gasteiger partial charge in [0.05, 0.1) is 5.56 Å². The molecule has 4 nitrogen and oxygen atoms in total. The number of hydrogen-bond donors (Lipinski definition) is 2. The van der Waals surface area contributed by atoms with Gasteiger partial charge in [0.2, 0.25) is 0 Å². The van der Waals surface area contributed by atoms with E-state index in [9.17, 15) is 4.79 Å². The molecule has 0 fully saturated rings. The number of halogens is 1. The van der Waals surface area contributed by atoms with Crippen molar-refractivity contribution in [2.75, 3.05) is 5.73 Å². The summed E-state index contributed by atoms with van der Waals surface area (Å²) in [4.78, 5) is 16.0. The van der Waals surface area contributed by atoms with Gasteiger partial charge >= 0.3 is 0 Å². The highest BCUT2D eigenvalue weighted by molar-refractivity contribution is 9.10. The Labute approximate surface area is 110 Å². The van der Waals surface area contributed by atoms with Crippen molar-refractivity contribution in [3.8, 4) is 0 Å². The van der Waals surface area contributed by atoms with E-state index in [2.05, 4.69) is 33.2 Å². The standard InChI is InChI=1S/C12H18BrN3O/c1-4-5-12(2,3)16-11(17)9-6-8(13)7-15-10(9)14/h6-7H,4-5H2,1-3H3,(H2,14,15)(H,16,17). The highest BCUT2D eigenvalue weighted by Gasteiger charge is 2.21. The number of nitrogens with one attached hydrogen (secondary N) is 1. The number of anilines is 1. The van der Waals surface area contributed by atoms with E-state index in [1.54, 1.807) is 12.3 Å². The van der Waals surface area contributed by atoms with Crippen LogP contribution in [0.2, 0.25) is 0 Å². The first-order chi connectivity index (χ1) is 7.85. The van der Waals surface area contributed by atoms with Gasteiger partial charge in [-0.1, -0.05) is 13.3 Å². The Morgan fingerprint density at radius 3 is 2.82 bits per heavy atom. The second-order valence-corrected chi connectivity index (χ2v) is 5.59. The Morgan fingerprint density at radius 2 is 2.24 bits per heavy atom. The zero-order chi connectivity index (χ0) is 13.1. The van der Waals surface area contributed by atoms with Crippen LogP contribution in [0.1, 0.15) is 44.0 Å². The number of nitrogen functional groups attached to an aromatic ring is 1. The van der Waals surface area contributed by atoms with Crippen LogP contribution in [0.4, 0.5) is 5.82 Å².